The summed E-state index contributed by atoms with van der Waals surface area (Å²) >= 11 is 0. The fourth-order valence-corrected chi connectivity index (χ4v) is 3.07. The quantitative estimate of drug-likeness (QED) is 0.586. The van der Waals surface area contributed by atoms with Crippen LogP contribution in [0.15, 0.2) is 0 Å². The molecular formula is C17H32O3. The van der Waals surface area contributed by atoms with Crippen LogP contribution < -0.4 is 0 Å². The van der Waals surface area contributed by atoms with Gasteiger partial charge in [-0.1, -0.05) is 33.1 Å². The number of hydrogen-bond donors (Lipinski definition) is 1. The number of carbonyl (C=O) groups excluding carboxylic acids is 1. The molecule has 3 atom stereocenters. The minimum atomic E-state index is -0.323. The van der Waals surface area contributed by atoms with E-state index in [1.165, 1.54) is 0 Å². The Labute approximate surface area is 124 Å². The van der Waals surface area contributed by atoms with Crippen molar-refractivity contribution < 1.29 is 14.6 Å². The molecule has 0 heterocycles. The summed E-state index contributed by atoms with van der Waals surface area (Å²) in [6.07, 6.45) is 9.53. The fraction of sp³-hybridized carbons (Fsp3) is 0.941. The van der Waals surface area contributed by atoms with Gasteiger partial charge in [0, 0.05) is 18.9 Å². The highest BCUT2D eigenvalue weighted by Gasteiger charge is 2.23. The van der Waals surface area contributed by atoms with Crippen molar-refractivity contribution >= 4 is 5.78 Å². The molecule has 0 bridgehead atoms. The van der Waals surface area contributed by atoms with E-state index in [2.05, 4.69) is 13.8 Å². The summed E-state index contributed by atoms with van der Waals surface area (Å²) in [6, 6.07) is 0. The molecule has 0 aromatic heterocycles. The van der Waals surface area contributed by atoms with Gasteiger partial charge in [-0.3, -0.25) is 4.79 Å². The monoisotopic (exact) mass is 284 g/mol. The van der Waals surface area contributed by atoms with E-state index in [0.29, 0.717) is 18.3 Å². The van der Waals surface area contributed by atoms with Crippen LogP contribution in [0.5, 0.6) is 0 Å². The maximum Gasteiger partial charge on any atom is 0.135 e. The lowest BCUT2D eigenvalue weighted by Gasteiger charge is -2.22. The first-order valence-electron chi connectivity index (χ1n) is 8.51. The summed E-state index contributed by atoms with van der Waals surface area (Å²) in [5, 5.41) is 10.0. The minimum absolute atomic E-state index is 0.00642. The molecule has 118 valence electrons. The molecule has 0 aliphatic heterocycles. The van der Waals surface area contributed by atoms with E-state index in [0.717, 1.165) is 64.2 Å². The van der Waals surface area contributed by atoms with Crippen LogP contribution in [-0.4, -0.2) is 29.7 Å². The number of ketones is 1. The van der Waals surface area contributed by atoms with Crippen LogP contribution in [0.3, 0.4) is 0 Å². The SMILES string of the molecule is CCCC(O)C(CCC)OCCCCC1CCCC1=O. The van der Waals surface area contributed by atoms with Crippen molar-refractivity contribution in [1.29, 1.82) is 0 Å². The van der Waals surface area contributed by atoms with Crippen LogP contribution in [0.1, 0.15) is 78.1 Å². The van der Waals surface area contributed by atoms with Crippen LogP contribution >= 0.6 is 0 Å². The van der Waals surface area contributed by atoms with Crippen molar-refractivity contribution in [3.8, 4) is 0 Å². The van der Waals surface area contributed by atoms with Crippen molar-refractivity contribution in [2.75, 3.05) is 6.61 Å². The molecular weight excluding hydrogens is 252 g/mol. The number of unbranched alkanes of at least 4 members (excludes halogenated alkanes) is 1. The molecule has 3 unspecified atom stereocenters. The maximum absolute atomic E-state index is 11.5. The maximum atomic E-state index is 11.5. The Bertz CT molecular complexity index is 265. The van der Waals surface area contributed by atoms with Crippen LogP contribution in [0.25, 0.3) is 0 Å². The van der Waals surface area contributed by atoms with E-state index < -0.39 is 0 Å². The first-order valence-corrected chi connectivity index (χ1v) is 8.51. The summed E-state index contributed by atoms with van der Waals surface area (Å²) in [7, 11) is 0. The molecule has 3 nitrogen and oxygen atoms in total. The van der Waals surface area contributed by atoms with Crippen LogP contribution in [0.2, 0.25) is 0 Å². The van der Waals surface area contributed by atoms with Crippen molar-refractivity contribution in [2.45, 2.75) is 90.3 Å². The lowest BCUT2D eigenvalue weighted by molar-refractivity contribution is -0.120. The number of ether oxygens (including phenoxy) is 1. The highest BCUT2D eigenvalue weighted by atomic mass is 16.5. The molecule has 0 amide bonds. The smallest absolute Gasteiger partial charge is 0.135 e. The average molecular weight is 284 g/mol. The van der Waals surface area contributed by atoms with Gasteiger partial charge in [-0.25, -0.2) is 0 Å². The Morgan fingerprint density at radius 3 is 2.60 bits per heavy atom. The number of aliphatic hydroxyl groups excluding tert-OH is 1. The summed E-state index contributed by atoms with van der Waals surface area (Å²) in [5.41, 5.74) is 0. The molecule has 0 spiro atoms. The zero-order chi connectivity index (χ0) is 14.8. The van der Waals surface area contributed by atoms with Gasteiger partial charge in [-0.15, -0.1) is 0 Å². The van der Waals surface area contributed by atoms with Gasteiger partial charge in [0.1, 0.15) is 5.78 Å². The van der Waals surface area contributed by atoms with Gasteiger partial charge >= 0.3 is 0 Å². The molecule has 20 heavy (non-hydrogen) atoms. The Balaban J connectivity index is 2.11. The lowest BCUT2D eigenvalue weighted by atomic mass is 10.00. The number of hydrogen-bond acceptors (Lipinski definition) is 3. The number of rotatable bonds is 11. The van der Waals surface area contributed by atoms with E-state index >= 15 is 0 Å². The Hall–Kier alpha value is -0.410. The third-order valence-corrected chi connectivity index (χ3v) is 4.30. The number of carbonyl (C=O) groups is 1. The second-order valence-electron chi connectivity index (χ2n) is 6.11. The molecule has 0 aromatic carbocycles. The van der Waals surface area contributed by atoms with Gasteiger partial charge < -0.3 is 9.84 Å². The number of Topliss-reactive ketones (excluding diaryl/α,β-unsaturated/α-hetero) is 1. The lowest BCUT2D eigenvalue weighted by Crippen LogP contribution is -2.29. The molecule has 1 rings (SSSR count). The zero-order valence-electron chi connectivity index (χ0n) is 13.3. The predicted octanol–water partition coefficient (Wildman–Crippen LogP) is 3.87. The van der Waals surface area contributed by atoms with Crippen molar-refractivity contribution in [3.63, 3.8) is 0 Å². The molecule has 0 radical (unpaired) electrons. The van der Waals surface area contributed by atoms with Gasteiger partial charge in [0.2, 0.25) is 0 Å². The molecule has 1 N–H and O–H groups in total. The Kier molecular flexibility index (Phi) is 9.12. The van der Waals surface area contributed by atoms with Crippen LogP contribution in [0.4, 0.5) is 0 Å². The van der Waals surface area contributed by atoms with E-state index in [1.54, 1.807) is 0 Å². The van der Waals surface area contributed by atoms with E-state index in [-0.39, 0.29) is 12.2 Å². The summed E-state index contributed by atoms with van der Waals surface area (Å²) < 4.78 is 5.85. The molecule has 1 fully saturated rings. The molecule has 1 aliphatic carbocycles. The van der Waals surface area contributed by atoms with Crippen molar-refractivity contribution in [3.05, 3.63) is 0 Å². The third kappa shape index (κ3) is 6.36. The number of aliphatic hydroxyl groups is 1. The highest BCUT2D eigenvalue weighted by Crippen LogP contribution is 2.26. The second kappa shape index (κ2) is 10.3. The van der Waals surface area contributed by atoms with Gasteiger partial charge in [0.25, 0.3) is 0 Å². The van der Waals surface area contributed by atoms with E-state index in [1.807, 2.05) is 0 Å². The third-order valence-electron chi connectivity index (χ3n) is 4.30. The molecule has 0 aromatic rings. The summed E-state index contributed by atoms with van der Waals surface area (Å²) in [4.78, 5) is 11.5. The first-order chi connectivity index (χ1) is 9.69. The zero-order valence-corrected chi connectivity index (χ0v) is 13.3. The largest absolute Gasteiger partial charge is 0.390 e. The van der Waals surface area contributed by atoms with Gasteiger partial charge in [0.05, 0.1) is 12.2 Å². The standard InChI is InChI=1S/C17H32O3/c1-3-8-16(19)17(9-4-2)20-13-6-5-10-14-11-7-12-15(14)18/h14,16-17,19H,3-13H2,1-2H3. The highest BCUT2D eigenvalue weighted by molar-refractivity contribution is 5.82. The first kappa shape index (κ1) is 17.6. The predicted molar refractivity (Wildman–Crippen MR) is 81.8 cm³/mol. The van der Waals surface area contributed by atoms with Crippen LogP contribution in [-0.2, 0) is 9.53 Å². The van der Waals surface area contributed by atoms with E-state index in [9.17, 15) is 9.90 Å². The normalized spacial score (nSPS) is 22.1. The summed E-state index contributed by atoms with van der Waals surface area (Å²) in [6.45, 7) is 4.93. The Morgan fingerprint density at radius 1 is 1.25 bits per heavy atom. The summed E-state index contributed by atoms with van der Waals surface area (Å²) in [5.74, 6) is 0.792. The average Bonchev–Trinajstić information content (AvgIpc) is 2.83. The molecule has 0 saturated heterocycles. The van der Waals surface area contributed by atoms with Gasteiger partial charge in [0.15, 0.2) is 0 Å². The molecule has 1 aliphatic rings. The van der Waals surface area contributed by atoms with Gasteiger partial charge in [-0.05, 0) is 38.5 Å². The molecule has 1 saturated carbocycles. The van der Waals surface area contributed by atoms with Crippen molar-refractivity contribution in [2.24, 2.45) is 5.92 Å². The van der Waals surface area contributed by atoms with Crippen molar-refractivity contribution in [1.82, 2.24) is 0 Å². The fourth-order valence-electron chi connectivity index (χ4n) is 3.07. The van der Waals surface area contributed by atoms with Crippen LogP contribution in [0, 0.1) is 5.92 Å². The molecule has 3 heteroatoms. The Morgan fingerprint density at radius 2 is 2.00 bits per heavy atom. The van der Waals surface area contributed by atoms with E-state index in [4.69, 9.17) is 4.74 Å². The van der Waals surface area contributed by atoms with Gasteiger partial charge in [-0.2, -0.15) is 0 Å². The topological polar surface area (TPSA) is 46.5 Å². The second-order valence-corrected chi connectivity index (χ2v) is 6.11. The minimum Gasteiger partial charge on any atom is -0.390 e.